The molecule has 0 spiro atoms. The van der Waals surface area contributed by atoms with Crippen LogP contribution in [0.1, 0.15) is 34.6 Å². The molecule has 1 aromatic heterocycles. The molecule has 0 bridgehead atoms. The van der Waals surface area contributed by atoms with Crippen LogP contribution in [-0.4, -0.2) is 21.9 Å². The number of carbonyl (C=O) groups is 1. The van der Waals surface area contributed by atoms with Crippen LogP contribution >= 0.6 is 0 Å². The van der Waals surface area contributed by atoms with Crippen molar-refractivity contribution >= 4 is 5.78 Å². The molecule has 0 saturated heterocycles. The molecule has 2 aromatic rings. The molecular formula is C15H14N2O2. The molecule has 1 aromatic carbocycles. The quantitative estimate of drug-likeness (QED) is 0.784. The first kappa shape index (κ1) is 10.8. The van der Waals surface area contributed by atoms with Crippen molar-refractivity contribution in [3.63, 3.8) is 0 Å². The molecule has 1 aliphatic heterocycles. The lowest BCUT2D eigenvalue weighted by Crippen LogP contribution is -2.14. The summed E-state index contributed by atoms with van der Waals surface area (Å²) in [6.07, 6.45) is 5.16. The Balaban J connectivity index is 1.85. The average Bonchev–Trinajstić information content (AvgIpc) is 3.04. The number of fused-ring (bicyclic) bond motifs is 2. The molecule has 4 nitrogen and oxygen atoms in total. The van der Waals surface area contributed by atoms with E-state index >= 15 is 0 Å². The van der Waals surface area contributed by atoms with Crippen LogP contribution in [-0.2, 0) is 12.8 Å². The maximum Gasteiger partial charge on any atom is 0.181 e. The number of imidazole rings is 1. The number of rotatable bonds is 1. The highest BCUT2D eigenvalue weighted by molar-refractivity contribution is 5.97. The minimum atomic E-state index is 0.204. The number of hydrogen-bond donors (Lipinski definition) is 0. The third kappa shape index (κ3) is 1.59. The Kier molecular flexibility index (Phi) is 2.24. The van der Waals surface area contributed by atoms with Crippen molar-refractivity contribution in [3.05, 3.63) is 41.5 Å². The molecule has 19 heavy (non-hydrogen) atoms. The Bertz CT molecular complexity index is 673. The number of ketones is 1. The van der Waals surface area contributed by atoms with Crippen LogP contribution in [0.25, 0.3) is 5.69 Å². The molecule has 0 N–H and O–H groups in total. The maximum atomic E-state index is 12.1. The molecule has 2 heterocycles. The number of nitrogens with zero attached hydrogens (tertiary/aromatic N) is 2. The minimum absolute atomic E-state index is 0.204. The Morgan fingerprint density at radius 2 is 2.16 bits per heavy atom. The number of ether oxygens (including phenoxy) is 1. The molecule has 0 unspecified atom stereocenters. The smallest absolute Gasteiger partial charge is 0.181 e. The van der Waals surface area contributed by atoms with E-state index in [4.69, 9.17) is 4.74 Å². The van der Waals surface area contributed by atoms with E-state index in [1.807, 2.05) is 16.7 Å². The second-order valence-corrected chi connectivity index (χ2v) is 5.08. The zero-order chi connectivity index (χ0) is 12.8. The lowest BCUT2D eigenvalue weighted by molar-refractivity contribution is 0.0965. The minimum Gasteiger partial charge on any atom is -0.493 e. The van der Waals surface area contributed by atoms with Gasteiger partial charge >= 0.3 is 0 Å². The molecule has 0 atom stereocenters. The van der Waals surface area contributed by atoms with E-state index in [2.05, 4.69) is 11.1 Å². The van der Waals surface area contributed by atoms with Crippen molar-refractivity contribution in [2.45, 2.75) is 25.7 Å². The van der Waals surface area contributed by atoms with E-state index in [9.17, 15) is 4.79 Å². The van der Waals surface area contributed by atoms with Gasteiger partial charge < -0.3 is 4.74 Å². The lowest BCUT2D eigenvalue weighted by Gasteiger charge is -2.13. The van der Waals surface area contributed by atoms with Gasteiger partial charge in [-0.1, -0.05) is 0 Å². The van der Waals surface area contributed by atoms with Crippen LogP contribution in [0, 0.1) is 0 Å². The summed E-state index contributed by atoms with van der Waals surface area (Å²) in [5, 5.41) is 0. The Labute approximate surface area is 111 Å². The number of hydrogen-bond acceptors (Lipinski definition) is 3. The monoisotopic (exact) mass is 254 g/mol. The molecule has 0 saturated carbocycles. The van der Waals surface area contributed by atoms with Crippen molar-refractivity contribution in [3.8, 4) is 11.4 Å². The maximum absolute atomic E-state index is 12.1. The standard InChI is InChI=1S/C15H14N2O2/c18-13-3-1-2-12-15(13)17(9-16-12)11-4-5-14-10(8-11)6-7-19-14/h4-5,8-9H,1-3,6-7H2. The fraction of sp³-hybridized carbons (Fsp3) is 0.333. The number of carbonyl (C=O) groups excluding carboxylic acids is 1. The number of aromatic nitrogens is 2. The molecule has 0 radical (unpaired) electrons. The zero-order valence-corrected chi connectivity index (χ0v) is 10.6. The van der Waals surface area contributed by atoms with Crippen molar-refractivity contribution in [1.82, 2.24) is 9.55 Å². The van der Waals surface area contributed by atoms with E-state index in [0.717, 1.165) is 48.7 Å². The Hall–Kier alpha value is -2.10. The molecular weight excluding hydrogens is 240 g/mol. The van der Waals surface area contributed by atoms with Gasteiger partial charge in [-0.15, -0.1) is 0 Å². The summed E-state index contributed by atoms with van der Waals surface area (Å²) in [4.78, 5) is 16.5. The predicted molar refractivity (Wildman–Crippen MR) is 70.0 cm³/mol. The van der Waals surface area contributed by atoms with Crippen molar-refractivity contribution in [2.24, 2.45) is 0 Å². The van der Waals surface area contributed by atoms with Crippen molar-refractivity contribution in [2.75, 3.05) is 6.61 Å². The molecule has 4 rings (SSSR count). The van der Waals surface area contributed by atoms with Crippen LogP contribution in [0.5, 0.6) is 5.75 Å². The normalized spacial score (nSPS) is 16.9. The van der Waals surface area contributed by atoms with Gasteiger partial charge in [0.05, 0.1) is 12.3 Å². The van der Waals surface area contributed by atoms with Gasteiger partial charge in [0, 0.05) is 18.5 Å². The summed E-state index contributed by atoms with van der Waals surface area (Å²) in [5.41, 5.74) is 3.93. The fourth-order valence-electron chi connectivity index (χ4n) is 2.92. The molecule has 0 amide bonds. The summed E-state index contributed by atoms with van der Waals surface area (Å²) >= 11 is 0. The van der Waals surface area contributed by atoms with E-state index in [0.29, 0.717) is 6.42 Å². The summed E-state index contributed by atoms with van der Waals surface area (Å²) in [5.74, 6) is 1.17. The Morgan fingerprint density at radius 3 is 3.11 bits per heavy atom. The van der Waals surface area contributed by atoms with Gasteiger partial charge in [0.2, 0.25) is 0 Å². The highest BCUT2D eigenvalue weighted by Gasteiger charge is 2.24. The van der Waals surface area contributed by atoms with Crippen molar-refractivity contribution in [1.29, 1.82) is 0 Å². The average molecular weight is 254 g/mol. The van der Waals surface area contributed by atoms with Crippen LogP contribution in [0.15, 0.2) is 24.5 Å². The van der Waals surface area contributed by atoms with Crippen LogP contribution in [0.4, 0.5) is 0 Å². The number of Topliss-reactive ketones (excluding diaryl/α,β-unsaturated/α-hetero) is 1. The molecule has 2 aliphatic rings. The number of benzene rings is 1. The van der Waals surface area contributed by atoms with Gasteiger partial charge in [-0.05, 0) is 36.6 Å². The third-order valence-electron chi connectivity index (χ3n) is 3.88. The van der Waals surface area contributed by atoms with Crippen LogP contribution in [0.2, 0.25) is 0 Å². The number of aryl methyl sites for hydroxylation is 1. The Morgan fingerprint density at radius 1 is 1.21 bits per heavy atom. The van der Waals surface area contributed by atoms with E-state index in [-0.39, 0.29) is 5.78 Å². The highest BCUT2D eigenvalue weighted by Crippen LogP contribution is 2.29. The highest BCUT2D eigenvalue weighted by atomic mass is 16.5. The van der Waals surface area contributed by atoms with Crippen LogP contribution < -0.4 is 4.74 Å². The summed E-state index contributed by atoms with van der Waals surface area (Å²) in [6, 6.07) is 6.08. The van der Waals surface area contributed by atoms with Gasteiger partial charge in [0.15, 0.2) is 5.78 Å². The molecule has 4 heteroatoms. The second kappa shape index (κ2) is 3.95. The third-order valence-corrected chi connectivity index (χ3v) is 3.88. The summed E-state index contributed by atoms with van der Waals surface area (Å²) in [6.45, 7) is 0.750. The first-order valence-corrected chi connectivity index (χ1v) is 6.68. The fourth-order valence-corrected chi connectivity index (χ4v) is 2.92. The van der Waals surface area contributed by atoms with Gasteiger partial charge in [0.25, 0.3) is 0 Å². The molecule has 1 aliphatic carbocycles. The van der Waals surface area contributed by atoms with E-state index in [1.54, 1.807) is 6.33 Å². The molecule has 96 valence electrons. The van der Waals surface area contributed by atoms with Crippen molar-refractivity contribution < 1.29 is 9.53 Å². The first-order valence-electron chi connectivity index (χ1n) is 6.68. The topological polar surface area (TPSA) is 44.1 Å². The van der Waals surface area contributed by atoms with Gasteiger partial charge in [0.1, 0.15) is 17.8 Å². The first-order chi connectivity index (χ1) is 9.33. The second-order valence-electron chi connectivity index (χ2n) is 5.08. The van der Waals surface area contributed by atoms with Gasteiger partial charge in [-0.25, -0.2) is 4.98 Å². The largest absolute Gasteiger partial charge is 0.493 e. The van der Waals surface area contributed by atoms with E-state index in [1.165, 1.54) is 5.56 Å². The lowest BCUT2D eigenvalue weighted by atomic mass is 9.99. The molecule has 0 fully saturated rings. The summed E-state index contributed by atoms with van der Waals surface area (Å²) < 4.78 is 7.44. The predicted octanol–water partition coefficient (Wildman–Crippen LogP) is 2.33. The van der Waals surface area contributed by atoms with Crippen LogP contribution in [0.3, 0.4) is 0 Å². The summed E-state index contributed by atoms with van der Waals surface area (Å²) in [7, 11) is 0. The SMILES string of the molecule is O=C1CCCc2ncn(-c3ccc4c(c3)CCO4)c21. The van der Waals surface area contributed by atoms with Gasteiger partial charge in [-0.3, -0.25) is 9.36 Å². The zero-order valence-electron chi connectivity index (χ0n) is 10.6. The van der Waals surface area contributed by atoms with E-state index < -0.39 is 0 Å². The van der Waals surface area contributed by atoms with Gasteiger partial charge in [-0.2, -0.15) is 0 Å².